The van der Waals surface area contributed by atoms with Crippen molar-refractivity contribution in [1.82, 2.24) is 21.3 Å². The molecular weight excluding hydrogens is 1670 g/mol. The smallest absolute Gasteiger partial charge is 0.472 e. The zero-order valence-electron chi connectivity index (χ0n) is 72.1. The topological polar surface area (TPSA) is 671 Å². The van der Waals surface area contributed by atoms with E-state index in [1.807, 2.05) is 0 Å². The minimum absolute atomic E-state index is 0.0136. The van der Waals surface area contributed by atoms with E-state index in [0.717, 1.165) is 105 Å². The van der Waals surface area contributed by atoms with Crippen molar-refractivity contribution in [3.8, 4) is 0 Å². The summed E-state index contributed by atoms with van der Waals surface area (Å²) < 4.78 is 72.7. The van der Waals surface area contributed by atoms with Crippen molar-refractivity contribution in [2.45, 2.75) is 390 Å². The van der Waals surface area contributed by atoms with E-state index in [9.17, 15) is 135 Å². The van der Waals surface area contributed by atoms with Crippen LogP contribution in [0.4, 0.5) is 0 Å². The van der Waals surface area contributed by atoms with E-state index in [2.05, 4.69) is 35.1 Å². The van der Waals surface area contributed by atoms with Gasteiger partial charge in [-0.1, -0.05) is 199 Å². The molecule has 4 aliphatic rings. The van der Waals surface area contributed by atoms with Gasteiger partial charge in [0, 0.05) is 47.0 Å². The van der Waals surface area contributed by atoms with Crippen molar-refractivity contribution in [2.24, 2.45) is 0 Å². The van der Waals surface area contributed by atoms with E-state index in [4.69, 9.17) is 51.7 Å². The summed E-state index contributed by atoms with van der Waals surface area (Å²) in [4.78, 5) is 105. The standard InChI is InChI=1S/C81H145N4O38P/c1-6-8-10-12-14-16-18-19-20-21-22-23-24-25-26-28-30-32-34-36-38-57(94)82-49(50(87)37-35-33-31-29-27-17-15-13-11-9-7-2)43-118-124(111,112)123-75-69(103)67(101)68(102)74(70(75)104)122-81(78(109)110)41-53(90)63(73(121-81)66(100)56(93)46-115-5)85-60(97)48-117-80(77(107)108)40-52(89)62(72(120-80)65(99)55(92)45-114-4)84-59(96)47-116-79(76(105)106)39-51(88)61(83-58(95)42-86)71(119-79)64(98)54(91)44-113-3/h35,37,49-56,61-75,86-93,98-104H,6-34,36,38-48H2,1-5H3,(H,82,94)(H,83,95)(H,84,96)(H,85,97)(H,105,106)(H,107,108)(H,109,110)(H,111,112)/b37-35+/t49-,50+,51-,52-,53-,54+,55+,56+,61+,62+,63+,64+,65+,66+,67-,68-,69+,70+,71+,72+,73+,74+,75+,79+,80+,81-/m0/s1. The Kier molecular flexibility index (Phi) is 52.2. The van der Waals surface area contributed by atoms with Crippen LogP contribution in [0.3, 0.4) is 0 Å². The molecule has 4 rings (SSSR count). The number of carbonyl (C=O) groups excluding carboxylic acids is 4. The number of rotatable bonds is 66. The van der Waals surface area contributed by atoms with Gasteiger partial charge in [0.05, 0.1) is 75.0 Å². The van der Waals surface area contributed by atoms with Crippen LogP contribution in [0.25, 0.3) is 0 Å². The third-order valence-electron chi connectivity index (χ3n) is 22.8. The van der Waals surface area contributed by atoms with Crippen molar-refractivity contribution in [3.05, 3.63) is 12.2 Å². The van der Waals surface area contributed by atoms with Crippen LogP contribution < -0.4 is 21.3 Å². The van der Waals surface area contributed by atoms with Crippen LogP contribution in [0, 0.1) is 0 Å². The molecule has 0 aromatic carbocycles. The van der Waals surface area contributed by atoms with Gasteiger partial charge >= 0.3 is 25.7 Å². The molecule has 0 spiro atoms. The Hall–Kier alpha value is -4.82. The molecule has 3 saturated heterocycles. The summed E-state index contributed by atoms with van der Waals surface area (Å²) in [5.41, 5.74) is 0. The van der Waals surface area contributed by atoms with Gasteiger partial charge < -0.3 is 161 Å². The first-order chi connectivity index (χ1) is 58.9. The van der Waals surface area contributed by atoms with Crippen molar-refractivity contribution < 1.29 is 187 Å². The van der Waals surface area contributed by atoms with E-state index in [-0.39, 0.29) is 6.42 Å². The molecule has 42 nitrogen and oxygen atoms in total. The number of hydrogen-bond donors (Lipinski definition) is 23. The fourth-order valence-electron chi connectivity index (χ4n) is 15.6. The van der Waals surface area contributed by atoms with E-state index in [1.165, 1.54) is 102 Å². The first kappa shape index (κ1) is 112. The Morgan fingerprint density at radius 1 is 0.435 bits per heavy atom. The first-order valence-electron chi connectivity index (χ1n) is 43.7. The number of aliphatic hydroxyl groups is 15. The maximum atomic E-state index is 14.1. The van der Waals surface area contributed by atoms with E-state index >= 15 is 0 Å². The maximum Gasteiger partial charge on any atom is 0.472 e. The van der Waals surface area contributed by atoms with Crippen LogP contribution in [0.1, 0.15) is 232 Å². The number of phosphoric ester groups is 1. The second-order valence-corrected chi connectivity index (χ2v) is 34.3. The molecule has 722 valence electrons. The van der Waals surface area contributed by atoms with Crippen molar-refractivity contribution in [2.75, 3.05) is 67.6 Å². The average molecular weight is 1810 g/mol. The molecule has 3 heterocycles. The van der Waals surface area contributed by atoms with E-state index in [0.29, 0.717) is 12.8 Å². The van der Waals surface area contributed by atoms with Crippen LogP contribution >= 0.6 is 7.82 Å². The zero-order chi connectivity index (χ0) is 92.3. The predicted octanol–water partition coefficient (Wildman–Crippen LogP) is -0.758. The molecule has 4 amide bonds. The molecule has 3 aliphatic heterocycles. The van der Waals surface area contributed by atoms with Gasteiger partial charge in [0.15, 0.2) is 0 Å². The first-order valence-corrected chi connectivity index (χ1v) is 45.2. The summed E-state index contributed by atoms with van der Waals surface area (Å²) in [6.07, 6.45) is -11.6. The Morgan fingerprint density at radius 3 is 1.12 bits per heavy atom. The molecule has 124 heavy (non-hydrogen) atoms. The number of carboxylic acid groups (broad SMARTS) is 3. The summed E-state index contributed by atoms with van der Waals surface area (Å²) in [6, 6.07) is -7.45. The SMILES string of the molecule is CCCCCCCCCCC/C=C/[C@@H](O)[C@H](COP(=O)(O)O[C@H]1[C@H](O)[C@H](O[C@]2(C(=O)O)C[C@H](O)[C@@H](NC(=O)CO[C@]3(C(=O)O)C[C@H](O)[C@@H](NC(=O)CO[C@]4(C(=O)O)C[C@H](O)[C@@H](NC(=O)CO)[C@H]([C@H](O)[C@H](O)COC)O4)[C@H]([C@H](O)[C@H](O)COC)O3)[C@H]([C@H](O)[C@H](O)COC)O2)[C@@H](O)[C@H](O)[C@H]1O)NC(=O)CCCCCCCCCCCCCCCCCCCCCC. The summed E-state index contributed by atoms with van der Waals surface area (Å²) in [5, 5.41) is 209. The number of phosphoric acid groups is 1. The number of carboxylic acids is 3. The molecule has 27 atom stereocenters. The number of ether oxygens (including phenoxy) is 9. The minimum atomic E-state index is -5.70. The highest BCUT2D eigenvalue weighted by Crippen LogP contribution is 2.49. The average Bonchev–Trinajstić information content (AvgIpc) is 0.750. The van der Waals surface area contributed by atoms with Gasteiger partial charge in [-0.15, -0.1) is 0 Å². The largest absolute Gasteiger partial charge is 0.477 e. The number of carbonyl (C=O) groups is 7. The molecule has 0 aromatic heterocycles. The Morgan fingerprint density at radius 2 is 0.766 bits per heavy atom. The van der Waals surface area contributed by atoms with Crippen molar-refractivity contribution in [1.29, 1.82) is 0 Å². The number of amides is 4. The molecule has 0 bridgehead atoms. The van der Waals surface area contributed by atoms with Gasteiger partial charge in [-0.2, -0.15) is 0 Å². The molecule has 23 N–H and O–H groups in total. The highest BCUT2D eigenvalue weighted by Gasteiger charge is 2.63. The van der Waals surface area contributed by atoms with Gasteiger partial charge in [-0.05, 0) is 19.3 Å². The van der Waals surface area contributed by atoms with Crippen molar-refractivity contribution >= 4 is 49.4 Å². The van der Waals surface area contributed by atoms with E-state index < -0.39 is 272 Å². The highest BCUT2D eigenvalue weighted by atomic mass is 31.2. The summed E-state index contributed by atoms with van der Waals surface area (Å²) in [5.74, 6) is -21.2. The third-order valence-corrected chi connectivity index (χ3v) is 23.8. The second kappa shape index (κ2) is 58.1. The van der Waals surface area contributed by atoms with Gasteiger partial charge in [0.2, 0.25) is 23.6 Å². The number of aliphatic carboxylic acids is 3. The zero-order valence-corrected chi connectivity index (χ0v) is 73.0. The molecule has 0 radical (unpaired) electrons. The second-order valence-electron chi connectivity index (χ2n) is 32.8. The van der Waals surface area contributed by atoms with Crippen LogP contribution in [0.5, 0.6) is 0 Å². The Balaban J connectivity index is 1.50. The van der Waals surface area contributed by atoms with Crippen molar-refractivity contribution in [3.63, 3.8) is 0 Å². The fraction of sp³-hybridized carbons (Fsp3) is 0.889. The van der Waals surface area contributed by atoms with Gasteiger partial charge in [0.1, 0.15) is 111 Å². The molecule has 4 fully saturated rings. The molecule has 43 heteroatoms. The lowest BCUT2D eigenvalue weighted by Crippen LogP contribution is -2.71. The van der Waals surface area contributed by atoms with Crippen LogP contribution in [-0.2, 0) is 89.8 Å². The van der Waals surface area contributed by atoms with Gasteiger partial charge in [-0.25, -0.2) is 18.9 Å². The van der Waals surface area contributed by atoms with E-state index in [1.54, 1.807) is 6.08 Å². The molecule has 1 saturated carbocycles. The summed E-state index contributed by atoms with van der Waals surface area (Å²) >= 11 is 0. The summed E-state index contributed by atoms with van der Waals surface area (Å²) in [7, 11) is -2.51. The quantitative estimate of drug-likeness (QED) is 0.0202. The molecule has 0 aromatic rings. The number of aliphatic hydroxyl groups excluding tert-OH is 15. The molecule has 1 unspecified atom stereocenters. The van der Waals surface area contributed by atoms with Gasteiger partial charge in [-0.3, -0.25) is 28.2 Å². The number of nitrogens with one attached hydrogen (secondary N) is 4. The third kappa shape index (κ3) is 36.1. The number of hydrogen-bond acceptors (Lipinski definition) is 34. The number of allylic oxidation sites excluding steroid dienone is 1. The predicted molar refractivity (Wildman–Crippen MR) is 435 cm³/mol. The Labute approximate surface area is 723 Å². The lowest BCUT2D eigenvalue weighted by molar-refractivity contribution is -0.350. The maximum absolute atomic E-state index is 14.1. The highest BCUT2D eigenvalue weighted by molar-refractivity contribution is 7.47. The van der Waals surface area contributed by atoms with Gasteiger partial charge in [0.25, 0.3) is 17.4 Å². The summed E-state index contributed by atoms with van der Waals surface area (Å²) in [6.45, 7) is -2.96. The monoisotopic (exact) mass is 1810 g/mol. The molecular formula is C81H145N4O38P. The van der Waals surface area contributed by atoms with Crippen LogP contribution in [0.15, 0.2) is 12.2 Å². The lowest BCUT2D eigenvalue weighted by atomic mass is 9.84. The fourth-order valence-corrected chi connectivity index (χ4v) is 16.6. The number of unbranched alkanes of at least 4 members (excludes halogenated alkanes) is 28. The number of methoxy groups -OCH3 is 3. The normalized spacial score (nSPS) is 29.8. The lowest BCUT2D eigenvalue weighted by Gasteiger charge is -2.50. The minimum Gasteiger partial charge on any atom is -0.477 e. The molecule has 1 aliphatic carbocycles. The van der Waals surface area contributed by atoms with Crippen LogP contribution in [-0.4, -0.2) is 363 Å². The van der Waals surface area contributed by atoms with Crippen LogP contribution in [0.2, 0.25) is 0 Å². The Bertz CT molecular complexity index is 3160.